The summed E-state index contributed by atoms with van der Waals surface area (Å²) in [7, 11) is 0. The van der Waals surface area contributed by atoms with Crippen LogP contribution in [0.2, 0.25) is 0 Å². The van der Waals surface area contributed by atoms with E-state index < -0.39 is 12.0 Å². The number of para-hydroxylation sites is 1. The van der Waals surface area contributed by atoms with E-state index in [0.717, 1.165) is 16.5 Å². The number of fused-ring (bicyclic) bond motifs is 3. The van der Waals surface area contributed by atoms with E-state index in [-0.39, 0.29) is 19.0 Å². The Balaban J connectivity index is 1.56. The molecule has 1 atom stereocenters. The normalized spacial score (nSPS) is 16.5. The van der Waals surface area contributed by atoms with Crippen LogP contribution < -0.4 is 24.4 Å². The average molecular weight is 528 g/mol. The van der Waals surface area contributed by atoms with Gasteiger partial charge in [-0.2, -0.15) is 0 Å². The zero-order valence-corrected chi connectivity index (χ0v) is 21.8. The van der Waals surface area contributed by atoms with E-state index in [1.807, 2.05) is 54.7 Å². The van der Waals surface area contributed by atoms with Crippen LogP contribution in [0.15, 0.2) is 82.4 Å². The van der Waals surface area contributed by atoms with Crippen molar-refractivity contribution in [3.8, 4) is 11.5 Å². The second-order valence-electron chi connectivity index (χ2n) is 8.96. The zero-order chi connectivity index (χ0) is 26.4. The van der Waals surface area contributed by atoms with Crippen LogP contribution in [0.3, 0.4) is 0 Å². The lowest BCUT2D eigenvalue weighted by molar-refractivity contribution is -0.139. The molecule has 0 aliphatic carbocycles. The van der Waals surface area contributed by atoms with Gasteiger partial charge in [0.15, 0.2) is 16.3 Å². The number of rotatable bonds is 6. The van der Waals surface area contributed by atoms with E-state index in [0.29, 0.717) is 44.2 Å². The van der Waals surface area contributed by atoms with Crippen molar-refractivity contribution in [1.82, 2.24) is 9.13 Å². The standard InChI is InChI=1S/C29H25N3O5S/c1-4-12-31-15-19(20-8-6-7-9-21(20)31)14-24-27(33)32-26(18-10-11-22-23(13-18)37-16-36-22)25(28(34)35-5-2)17(3)30-29(32)38-24/h4,6-11,13-15,26H,1,5,12,16H2,2-3H3/b24-14+/t26-/m0/s1. The van der Waals surface area contributed by atoms with Crippen LogP contribution in [0.25, 0.3) is 17.0 Å². The lowest BCUT2D eigenvalue weighted by Crippen LogP contribution is -2.39. The molecule has 0 fully saturated rings. The summed E-state index contributed by atoms with van der Waals surface area (Å²) >= 11 is 1.30. The smallest absolute Gasteiger partial charge is 0.338 e. The zero-order valence-electron chi connectivity index (χ0n) is 21.0. The predicted molar refractivity (Wildman–Crippen MR) is 145 cm³/mol. The predicted octanol–water partition coefficient (Wildman–Crippen LogP) is 3.67. The fraction of sp³-hybridized carbons (Fsp3) is 0.207. The van der Waals surface area contributed by atoms with E-state index in [4.69, 9.17) is 14.2 Å². The highest BCUT2D eigenvalue weighted by atomic mass is 32.1. The van der Waals surface area contributed by atoms with Crippen molar-refractivity contribution in [2.75, 3.05) is 13.4 Å². The number of benzene rings is 2. The lowest BCUT2D eigenvalue weighted by atomic mass is 9.95. The maximum absolute atomic E-state index is 14.0. The molecule has 2 aliphatic heterocycles. The van der Waals surface area contributed by atoms with Crippen molar-refractivity contribution >= 4 is 34.3 Å². The lowest BCUT2D eigenvalue weighted by Gasteiger charge is -2.24. The van der Waals surface area contributed by atoms with Gasteiger partial charge in [-0.15, -0.1) is 6.58 Å². The van der Waals surface area contributed by atoms with Gasteiger partial charge < -0.3 is 18.8 Å². The number of hydrogen-bond donors (Lipinski definition) is 0. The molecule has 38 heavy (non-hydrogen) atoms. The molecule has 0 saturated carbocycles. The first-order chi connectivity index (χ1) is 18.5. The van der Waals surface area contributed by atoms with Gasteiger partial charge in [0.1, 0.15) is 0 Å². The number of carbonyl (C=O) groups is 1. The summed E-state index contributed by atoms with van der Waals surface area (Å²) in [6.07, 6.45) is 5.76. The first kappa shape index (κ1) is 24.0. The van der Waals surface area contributed by atoms with Gasteiger partial charge in [0, 0.05) is 29.2 Å². The third-order valence-electron chi connectivity index (χ3n) is 6.66. The van der Waals surface area contributed by atoms with E-state index in [1.54, 1.807) is 24.5 Å². The number of ether oxygens (including phenoxy) is 3. The SMILES string of the molecule is C=CCn1cc(/C=c2/sc3n(c2=O)[C@@H](c2ccc4c(c2)OCO4)C(C(=O)OCC)=C(C)N=3)c2ccccc21. The van der Waals surface area contributed by atoms with E-state index in [2.05, 4.69) is 16.1 Å². The van der Waals surface area contributed by atoms with Crippen LogP contribution in [-0.2, 0) is 16.1 Å². The minimum atomic E-state index is -0.718. The van der Waals surface area contributed by atoms with Crippen molar-refractivity contribution in [3.05, 3.63) is 103 Å². The van der Waals surface area contributed by atoms with Crippen molar-refractivity contribution < 1.29 is 19.0 Å². The highest BCUT2D eigenvalue weighted by Gasteiger charge is 2.34. The second-order valence-corrected chi connectivity index (χ2v) is 9.97. The van der Waals surface area contributed by atoms with Crippen molar-refractivity contribution in [1.29, 1.82) is 0 Å². The molecular weight excluding hydrogens is 502 g/mol. The van der Waals surface area contributed by atoms with Gasteiger partial charge in [0.05, 0.1) is 28.5 Å². The van der Waals surface area contributed by atoms with Gasteiger partial charge in [-0.25, -0.2) is 9.79 Å². The van der Waals surface area contributed by atoms with Crippen molar-refractivity contribution in [3.63, 3.8) is 0 Å². The third kappa shape index (κ3) is 3.86. The molecule has 4 heterocycles. The number of carbonyl (C=O) groups excluding carboxylic acids is 1. The Morgan fingerprint density at radius 1 is 1.24 bits per heavy atom. The molecular formula is C29H25N3O5S. The molecule has 0 saturated heterocycles. The Bertz CT molecular complexity index is 1820. The molecule has 0 bridgehead atoms. The summed E-state index contributed by atoms with van der Waals surface area (Å²) in [4.78, 5) is 32.3. The first-order valence-corrected chi connectivity index (χ1v) is 13.1. The number of hydrogen-bond acceptors (Lipinski definition) is 7. The summed E-state index contributed by atoms with van der Waals surface area (Å²) in [5.74, 6) is 0.686. The molecule has 2 aromatic heterocycles. The van der Waals surface area contributed by atoms with E-state index in [9.17, 15) is 9.59 Å². The van der Waals surface area contributed by atoms with E-state index >= 15 is 0 Å². The molecule has 2 aliphatic rings. The summed E-state index contributed by atoms with van der Waals surface area (Å²) in [5.41, 5.74) is 3.31. The monoisotopic (exact) mass is 527 g/mol. The van der Waals surface area contributed by atoms with Gasteiger partial charge in [0.2, 0.25) is 6.79 Å². The summed E-state index contributed by atoms with van der Waals surface area (Å²) < 4.78 is 20.6. The minimum Gasteiger partial charge on any atom is -0.463 e. The molecule has 8 nitrogen and oxygen atoms in total. The van der Waals surface area contributed by atoms with Crippen molar-refractivity contribution in [2.24, 2.45) is 4.99 Å². The molecule has 4 aromatic rings. The second kappa shape index (κ2) is 9.50. The molecule has 9 heteroatoms. The van der Waals surface area contributed by atoms with Crippen LogP contribution in [0.1, 0.15) is 31.0 Å². The molecule has 192 valence electrons. The fourth-order valence-electron chi connectivity index (χ4n) is 5.01. The maximum Gasteiger partial charge on any atom is 0.338 e. The summed E-state index contributed by atoms with van der Waals surface area (Å²) in [6.45, 7) is 8.37. The molecule has 6 rings (SSSR count). The summed E-state index contributed by atoms with van der Waals surface area (Å²) in [6, 6.07) is 12.8. The van der Waals surface area contributed by atoms with Crippen LogP contribution in [0.5, 0.6) is 11.5 Å². The molecule has 0 spiro atoms. The Morgan fingerprint density at radius 2 is 2.05 bits per heavy atom. The Labute approximate surface area is 222 Å². The van der Waals surface area contributed by atoms with E-state index in [1.165, 1.54) is 11.3 Å². The van der Waals surface area contributed by atoms with Gasteiger partial charge in [-0.05, 0) is 43.7 Å². The molecule has 0 amide bonds. The molecule has 2 aromatic carbocycles. The van der Waals surface area contributed by atoms with Crippen molar-refractivity contribution in [2.45, 2.75) is 26.4 Å². The average Bonchev–Trinajstić information content (AvgIpc) is 3.60. The van der Waals surface area contributed by atoms with Gasteiger partial charge in [-0.3, -0.25) is 9.36 Å². The number of thiazole rings is 1. The molecule has 0 N–H and O–H groups in total. The maximum atomic E-state index is 14.0. The Kier molecular flexibility index (Phi) is 6.00. The first-order valence-electron chi connectivity index (χ1n) is 12.3. The number of aromatic nitrogens is 2. The Hall–Kier alpha value is -4.37. The van der Waals surface area contributed by atoms with Gasteiger partial charge >= 0.3 is 5.97 Å². The van der Waals surface area contributed by atoms with Crippen LogP contribution in [0, 0.1) is 0 Å². The van der Waals surface area contributed by atoms with Crippen LogP contribution in [0.4, 0.5) is 0 Å². The Morgan fingerprint density at radius 3 is 2.87 bits per heavy atom. The topological polar surface area (TPSA) is 84.0 Å². The van der Waals surface area contributed by atoms with Crippen LogP contribution >= 0.6 is 11.3 Å². The number of nitrogens with zero attached hydrogens (tertiary/aromatic N) is 3. The number of allylic oxidation sites excluding steroid dienone is 2. The fourth-order valence-corrected chi connectivity index (χ4v) is 6.05. The third-order valence-corrected chi connectivity index (χ3v) is 7.64. The minimum absolute atomic E-state index is 0.126. The van der Waals surface area contributed by atoms with Crippen LogP contribution in [-0.4, -0.2) is 28.5 Å². The highest BCUT2D eigenvalue weighted by molar-refractivity contribution is 7.07. The highest BCUT2D eigenvalue weighted by Crippen LogP contribution is 2.38. The largest absolute Gasteiger partial charge is 0.463 e. The van der Waals surface area contributed by atoms with Gasteiger partial charge in [-0.1, -0.05) is 41.7 Å². The summed E-state index contributed by atoms with van der Waals surface area (Å²) in [5, 5.41) is 1.04. The quantitative estimate of drug-likeness (QED) is 0.282. The van der Waals surface area contributed by atoms with Gasteiger partial charge in [0.25, 0.3) is 5.56 Å². The molecule has 0 radical (unpaired) electrons. The number of esters is 1. The molecule has 0 unspecified atom stereocenters.